The van der Waals surface area contributed by atoms with Gasteiger partial charge >= 0.3 is 0 Å². The van der Waals surface area contributed by atoms with Crippen LogP contribution in [-0.4, -0.2) is 28.8 Å². The van der Waals surface area contributed by atoms with Gasteiger partial charge in [0.05, 0.1) is 15.0 Å². The molecule has 4 nitrogen and oxygen atoms in total. The van der Waals surface area contributed by atoms with E-state index in [1.165, 1.54) is 24.9 Å². The van der Waals surface area contributed by atoms with Crippen molar-refractivity contribution in [3.05, 3.63) is 18.2 Å². The number of thiazole rings is 1. The van der Waals surface area contributed by atoms with E-state index in [1.807, 2.05) is 0 Å². The van der Waals surface area contributed by atoms with Crippen molar-refractivity contribution >= 4 is 54.2 Å². The molecule has 1 aromatic carbocycles. The smallest absolute Gasteiger partial charge is 0.239 e. The molecule has 0 radical (unpaired) electrons. The lowest BCUT2D eigenvalue weighted by molar-refractivity contribution is -0.115. The maximum absolute atomic E-state index is 12.1. The van der Waals surface area contributed by atoms with E-state index in [9.17, 15) is 4.79 Å². The van der Waals surface area contributed by atoms with Gasteiger partial charge < -0.3 is 10.2 Å². The van der Waals surface area contributed by atoms with Gasteiger partial charge in [-0.05, 0) is 43.9 Å². The number of alkyl halides is 1. The van der Waals surface area contributed by atoms with Crippen molar-refractivity contribution < 1.29 is 4.79 Å². The Morgan fingerprint density at radius 3 is 2.91 bits per heavy atom. The van der Waals surface area contributed by atoms with Crippen LogP contribution in [0, 0.1) is 0 Å². The van der Waals surface area contributed by atoms with E-state index in [4.69, 9.17) is 0 Å². The lowest BCUT2D eigenvalue weighted by atomic mass is 10.1. The first-order chi connectivity index (χ1) is 11.2. The zero-order valence-electron chi connectivity index (χ0n) is 13.3. The number of halogens is 1. The fourth-order valence-electron chi connectivity index (χ4n) is 2.88. The monoisotopic (exact) mass is 395 g/mol. The predicted molar refractivity (Wildman–Crippen MR) is 102 cm³/mol. The van der Waals surface area contributed by atoms with Crippen LogP contribution in [0.15, 0.2) is 18.2 Å². The molecule has 0 saturated carbocycles. The Morgan fingerprint density at radius 2 is 2.17 bits per heavy atom. The molecular weight excluding hydrogens is 374 g/mol. The van der Waals surface area contributed by atoms with Crippen molar-refractivity contribution in [1.29, 1.82) is 0 Å². The molecule has 2 heterocycles. The number of aromatic nitrogens is 1. The Bertz CT molecular complexity index is 682. The molecule has 6 heteroatoms. The minimum atomic E-state index is -0.150. The average molecular weight is 396 g/mol. The summed E-state index contributed by atoms with van der Waals surface area (Å²) in [5.74, 6) is -0.0119. The molecular formula is C17H22BrN3OS. The molecule has 1 aliphatic rings. The summed E-state index contributed by atoms with van der Waals surface area (Å²) in [5.41, 5.74) is 2.22. The number of piperidine rings is 1. The Balaban J connectivity index is 1.75. The summed E-state index contributed by atoms with van der Waals surface area (Å²) >= 11 is 4.98. The molecule has 124 valence electrons. The van der Waals surface area contributed by atoms with Crippen LogP contribution in [0.5, 0.6) is 0 Å². The van der Waals surface area contributed by atoms with E-state index in [2.05, 4.69) is 56.3 Å². The Morgan fingerprint density at radius 1 is 1.39 bits per heavy atom. The van der Waals surface area contributed by atoms with Crippen molar-refractivity contribution in [2.24, 2.45) is 0 Å². The summed E-state index contributed by atoms with van der Waals surface area (Å²) in [6.07, 6.45) is 5.68. The van der Waals surface area contributed by atoms with Crippen LogP contribution < -0.4 is 10.2 Å². The third kappa shape index (κ3) is 4.04. The van der Waals surface area contributed by atoms with Crippen LogP contribution in [0.3, 0.4) is 0 Å². The highest BCUT2D eigenvalue weighted by Crippen LogP contribution is 2.31. The second-order valence-electron chi connectivity index (χ2n) is 5.96. The van der Waals surface area contributed by atoms with Crippen LogP contribution in [-0.2, 0) is 4.79 Å². The predicted octanol–water partition coefficient (Wildman–Crippen LogP) is 4.79. The number of rotatable bonds is 5. The zero-order valence-corrected chi connectivity index (χ0v) is 15.8. The summed E-state index contributed by atoms with van der Waals surface area (Å²) in [4.78, 5) is 18.9. The highest BCUT2D eigenvalue weighted by atomic mass is 79.9. The average Bonchev–Trinajstić information content (AvgIpc) is 2.97. The number of amides is 1. The van der Waals surface area contributed by atoms with Crippen molar-refractivity contribution in [2.75, 3.05) is 23.3 Å². The van der Waals surface area contributed by atoms with Crippen molar-refractivity contribution in [3.8, 4) is 0 Å². The minimum Gasteiger partial charge on any atom is -0.371 e. The summed E-state index contributed by atoms with van der Waals surface area (Å²) in [6.45, 7) is 4.34. The Kier molecular flexibility index (Phi) is 5.54. The van der Waals surface area contributed by atoms with Gasteiger partial charge in [-0.3, -0.25) is 4.79 Å². The molecule has 1 saturated heterocycles. The van der Waals surface area contributed by atoms with Gasteiger partial charge in [0.1, 0.15) is 0 Å². The number of fused-ring (bicyclic) bond motifs is 1. The van der Waals surface area contributed by atoms with Gasteiger partial charge in [0, 0.05) is 18.8 Å². The van der Waals surface area contributed by atoms with E-state index in [1.54, 1.807) is 11.3 Å². The summed E-state index contributed by atoms with van der Waals surface area (Å²) in [7, 11) is 0. The van der Waals surface area contributed by atoms with E-state index in [0.717, 1.165) is 36.1 Å². The first-order valence-corrected chi connectivity index (χ1v) is 10.0. The molecule has 1 aliphatic heterocycles. The van der Waals surface area contributed by atoms with E-state index in [-0.39, 0.29) is 10.7 Å². The third-order valence-electron chi connectivity index (χ3n) is 4.15. The maximum Gasteiger partial charge on any atom is 0.239 e. The largest absolute Gasteiger partial charge is 0.371 e. The number of anilines is 2. The Hall–Kier alpha value is -1.14. The van der Waals surface area contributed by atoms with Crippen LogP contribution >= 0.6 is 27.3 Å². The highest BCUT2D eigenvalue weighted by Gasteiger charge is 2.16. The van der Waals surface area contributed by atoms with Gasteiger partial charge in [-0.15, -0.1) is 0 Å². The number of carbonyl (C=O) groups excluding carboxylic acids is 1. The van der Waals surface area contributed by atoms with Crippen molar-refractivity contribution in [1.82, 2.24) is 4.98 Å². The second kappa shape index (κ2) is 7.62. The van der Waals surface area contributed by atoms with Gasteiger partial charge in [-0.1, -0.05) is 40.6 Å². The quantitative estimate of drug-likeness (QED) is 0.740. The van der Waals surface area contributed by atoms with Gasteiger partial charge in [-0.25, -0.2) is 4.98 Å². The number of hydrogen-bond acceptors (Lipinski definition) is 4. The number of carbonyl (C=O) groups is 1. The molecule has 1 atom stereocenters. The number of benzene rings is 1. The van der Waals surface area contributed by atoms with Crippen LogP contribution in [0.2, 0.25) is 0 Å². The van der Waals surface area contributed by atoms with E-state index in [0.29, 0.717) is 5.13 Å². The van der Waals surface area contributed by atoms with Crippen LogP contribution in [0.4, 0.5) is 10.8 Å². The van der Waals surface area contributed by atoms with Crippen LogP contribution in [0.1, 0.15) is 39.0 Å². The lowest BCUT2D eigenvalue weighted by Gasteiger charge is -2.28. The molecule has 0 aliphatic carbocycles. The summed E-state index contributed by atoms with van der Waals surface area (Å²) < 4.78 is 1.13. The highest BCUT2D eigenvalue weighted by molar-refractivity contribution is 9.10. The van der Waals surface area contributed by atoms with E-state index < -0.39 is 0 Å². The topological polar surface area (TPSA) is 45.2 Å². The molecule has 1 amide bonds. The standard InChI is InChI=1S/C17H22BrN3OS/c1-2-6-13(18)16(22)20-17-19-14-8-7-12(11-15(14)23-17)21-9-4-3-5-10-21/h7-8,11,13H,2-6,9-10H2,1H3,(H,19,20,22)/t13-/m0/s1. The van der Waals surface area contributed by atoms with Crippen molar-refractivity contribution in [2.45, 2.75) is 43.9 Å². The van der Waals surface area contributed by atoms with Gasteiger partial charge in [0.15, 0.2) is 5.13 Å². The fourth-order valence-corrected chi connectivity index (χ4v) is 4.36. The molecule has 3 rings (SSSR count). The lowest BCUT2D eigenvalue weighted by Crippen LogP contribution is -2.29. The molecule has 0 spiro atoms. The minimum absolute atomic E-state index is 0.0119. The second-order valence-corrected chi connectivity index (χ2v) is 8.10. The fraction of sp³-hybridized carbons (Fsp3) is 0.529. The first kappa shape index (κ1) is 16.7. The summed E-state index contributed by atoms with van der Waals surface area (Å²) in [5, 5.41) is 3.60. The molecule has 1 aromatic heterocycles. The summed E-state index contributed by atoms with van der Waals surface area (Å²) in [6, 6.07) is 6.40. The van der Waals surface area contributed by atoms with Crippen molar-refractivity contribution in [3.63, 3.8) is 0 Å². The third-order valence-corrected chi connectivity index (χ3v) is 5.96. The molecule has 0 bridgehead atoms. The zero-order chi connectivity index (χ0) is 16.2. The SMILES string of the molecule is CCC[C@H](Br)C(=O)Nc1nc2ccc(N3CCCCC3)cc2s1. The van der Waals surface area contributed by atoms with Gasteiger partial charge in [0.2, 0.25) is 5.91 Å². The number of nitrogens with one attached hydrogen (secondary N) is 1. The van der Waals surface area contributed by atoms with Crippen LogP contribution in [0.25, 0.3) is 10.2 Å². The number of hydrogen-bond donors (Lipinski definition) is 1. The molecule has 23 heavy (non-hydrogen) atoms. The Labute approximate surface area is 149 Å². The molecule has 1 fully saturated rings. The molecule has 0 unspecified atom stereocenters. The van der Waals surface area contributed by atoms with E-state index >= 15 is 0 Å². The molecule has 2 aromatic rings. The van der Waals surface area contributed by atoms with Gasteiger partial charge in [0.25, 0.3) is 0 Å². The normalized spacial score (nSPS) is 16.5. The number of nitrogens with zero attached hydrogens (tertiary/aromatic N) is 2. The maximum atomic E-state index is 12.1. The first-order valence-electron chi connectivity index (χ1n) is 8.28. The molecule has 1 N–H and O–H groups in total. The van der Waals surface area contributed by atoms with Gasteiger partial charge in [-0.2, -0.15) is 0 Å².